The van der Waals surface area contributed by atoms with Crippen LogP contribution in [0.25, 0.3) is 0 Å². The van der Waals surface area contributed by atoms with Crippen molar-refractivity contribution in [2.45, 2.75) is 19.3 Å². The maximum atomic E-state index is 11.9. The molecule has 1 N–H and O–H groups in total. The summed E-state index contributed by atoms with van der Waals surface area (Å²) in [6, 6.07) is 13.4. The van der Waals surface area contributed by atoms with Crippen molar-refractivity contribution in [2.75, 3.05) is 20.8 Å². The molecule has 0 aromatic heterocycles. The third-order valence-electron chi connectivity index (χ3n) is 3.75. The van der Waals surface area contributed by atoms with Gasteiger partial charge in [-0.2, -0.15) is 0 Å². The van der Waals surface area contributed by atoms with E-state index >= 15 is 0 Å². The highest BCUT2D eigenvalue weighted by Gasteiger charge is 2.05. The number of amides is 1. The lowest BCUT2D eigenvalue weighted by Crippen LogP contribution is -2.25. The average Bonchev–Trinajstić information content (AvgIpc) is 2.61. The standard InChI is InChI=1S/C19H22ClNO3/c1-23-16-7-3-14(4-8-16)6-10-19(22)21-12-11-15-5-9-17(20)18(13-15)24-2/h3-5,7-9,13H,6,10-12H2,1-2H3,(H,21,22). The highest BCUT2D eigenvalue weighted by Crippen LogP contribution is 2.25. The summed E-state index contributed by atoms with van der Waals surface area (Å²) in [5.41, 5.74) is 2.19. The van der Waals surface area contributed by atoms with Crippen molar-refractivity contribution in [1.82, 2.24) is 5.32 Å². The molecule has 2 rings (SSSR count). The molecule has 0 bridgehead atoms. The molecule has 0 saturated heterocycles. The van der Waals surface area contributed by atoms with Crippen LogP contribution >= 0.6 is 11.6 Å². The van der Waals surface area contributed by atoms with Crippen LogP contribution in [0.4, 0.5) is 0 Å². The lowest BCUT2D eigenvalue weighted by atomic mass is 10.1. The summed E-state index contributed by atoms with van der Waals surface area (Å²) in [5, 5.41) is 3.53. The number of aryl methyl sites for hydroxylation is 1. The SMILES string of the molecule is COc1ccc(CCC(=O)NCCc2ccc(Cl)c(OC)c2)cc1. The van der Waals surface area contributed by atoms with E-state index in [0.717, 1.165) is 23.3 Å². The molecule has 0 aliphatic carbocycles. The van der Waals surface area contributed by atoms with Crippen LogP contribution in [0.3, 0.4) is 0 Å². The van der Waals surface area contributed by atoms with Gasteiger partial charge in [-0.25, -0.2) is 0 Å². The smallest absolute Gasteiger partial charge is 0.220 e. The lowest BCUT2D eigenvalue weighted by Gasteiger charge is -2.08. The minimum absolute atomic E-state index is 0.0479. The number of methoxy groups -OCH3 is 2. The molecule has 0 radical (unpaired) electrons. The van der Waals surface area contributed by atoms with Crippen LogP contribution in [0.1, 0.15) is 17.5 Å². The van der Waals surface area contributed by atoms with Gasteiger partial charge in [-0.05, 0) is 48.2 Å². The van der Waals surface area contributed by atoms with Gasteiger partial charge in [-0.1, -0.05) is 29.8 Å². The quantitative estimate of drug-likeness (QED) is 0.793. The molecule has 0 spiro atoms. The number of carbonyl (C=O) groups is 1. The molecule has 0 fully saturated rings. The van der Waals surface area contributed by atoms with Gasteiger partial charge in [0.15, 0.2) is 0 Å². The predicted octanol–water partition coefficient (Wildman–Crippen LogP) is 3.65. The number of nitrogens with one attached hydrogen (secondary N) is 1. The van der Waals surface area contributed by atoms with Gasteiger partial charge in [0.1, 0.15) is 11.5 Å². The Balaban J connectivity index is 1.73. The van der Waals surface area contributed by atoms with E-state index < -0.39 is 0 Å². The van der Waals surface area contributed by atoms with E-state index in [9.17, 15) is 4.79 Å². The minimum atomic E-state index is 0.0479. The zero-order chi connectivity index (χ0) is 17.4. The second kappa shape index (κ2) is 9.18. The number of ether oxygens (including phenoxy) is 2. The Morgan fingerprint density at radius 3 is 2.38 bits per heavy atom. The fourth-order valence-corrected chi connectivity index (χ4v) is 2.54. The normalized spacial score (nSPS) is 10.3. The van der Waals surface area contributed by atoms with Crippen molar-refractivity contribution in [1.29, 1.82) is 0 Å². The summed E-state index contributed by atoms with van der Waals surface area (Å²) in [5.74, 6) is 1.52. The molecule has 2 aromatic rings. The van der Waals surface area contributed by atoms with Crippen molar-refractivity contribution < 1.29 is 14.3 Å². The van der Waals surface area contributed by atoms with E-state index in [4.69, 9.17) is 21.1 Å². The Bertz CT molecular complexity index is 671. The van der Waals surface area contributed by atoms with Crippen LogP contribution in [0.5, 0.6) is 11.5 Å². The van der Waals surface area contributed by atoms with Crippen LogP contribution in [0.2, 0.25) is 5.02 Å². The zero-order valence-electron chi connectivity index (χ0n) is 14.0. The highest BCUT2D eigenvalue weighted by atomic mass is 35.5. The third-order valence-corrected chi connectivity index (χ3v) is 4.06. The Hall–Kier alpha value is -2.20. The fraction of sp³-hybridized carbons (Fsp3) is 0.316. The molecule has 0 heterocycles. The lowest BCUT2D eigenvalue weighted by molar-refractivity contribution is -0.121. The highest BCUT2D eigenvalue weighted by molar-refractivity contribution is 6.32. The van der Waals surface area contributed by atoms with Gasteiger partial charge in [-0.3, -0.25) is 4.79 Å². The van der Waals surface area contributed by atoms with Crippen LogP contribution < -0.4 is 14.8 Å². The molecule has 2 aromatic carbocycles. The average molecular weight is 348 g/mol. The molecule has 128 valence electrons. The van der Waals surface area contributed by atoms with Crippen LogP contribution in [-0.2, 0) is 17.6 Å². The maximum absolute atomic E-state index is 11.9. The third kappa shape index (κ3) is 5.46. The molecule has 0 aliphatic rings. The minimum Gasteiger partial charge on any atom is -0.497 e. The first kappa shape index (κ1) is 18.1. The summed E-state index contributed by atoms with van der Waals surface area (Å²) < 4.78 is 10.3. The Kier molecular flexibility index (Phi) is 6.94. The van der Waals surface area contributed by atoms with Crippen molar-refractivity contribution in [3.8, 4) is 11.5 Å². The van der Waals surface area contributed by atoms with Gasteiger partial charge >= 0.3 is 0 Å². The predicted molar refractivity (Wildman–Crippen MR) is 96.0 cm³/mol. The van der Waals surface area contributed by atoms with Crippen LogP contribution in [0.15, 0.2) is 42.5 Å². The molecule has 0 unspecified atom stereocenters. The van der Waals surface area contributed by atoms with Gasteiger partial charge in [0.2, 0.25) is 5.91 Å². The first-order valence-electron chi connectivity index (χ1n) is 7.84. The number of carbonyl (C=O) groups excluding carboxylic acids is 1. The van der Waals surface area contributed by atoms with Gasteiger partial charge in [0, 0.05) is 13.0 Å². The summed E-state index contributed by atoms with van der Waals surface area (Å²) in [7, 11) is 3.23. The van der Waals surface area contributed by atoms with Crippen LogP contribution in [-0.4, -0.2) is 26.7 Å². The Labute approximate surface area is 147 Å². The fourth-order valence-electron chi connectivity index (χ4n) is 2.34. The van der Waals surface area contributed by atoms with Crippen molar-refractivity contribution in [2.24, 2.45) is 0 Å². The number of rotatable bonds is 8. The van der Waals surface area contributed by atoms with E-state index in [2.05, 4.69) is 5.32 Å². The monoisotopic (exact) mass is 347 g/mol. The molecule has 0 saturated carbocycles. The van der Waals surface area contributed by atoms with E-state index in [1.807, 2.05) is 36.4 Å². The maximum Gasteiger partial charge on any atom is 0.220 e. The molecule has 0 aliphatic heterocycles. The van der Waals surface area contributed by atoms with Gasteiger partial charge in [-0.15, -0.1) is 0 Å². The van der Waals surface area contributed by atoms with Crippen molar-refractivity contribution >= 4 is 17.5 Å². The molecule has 1 amide bonds. The second-order valence-electron chi connectivity index (χ2n) is 5.42. The van der Waals surface area contributed by atoms with E-state index in [-0.39, 0.29) is 5.91 Å². The van der Waals surface area contributed by atoms with E-state index in [1.54, 1.807) is 20.3 Å². The zero-order valence-corrected chi connectivity index (χ0v) is 14.7. The topological polar surface area (TPSA) is 47.6 Å². The number of hydrogen-bond acceptors (Lipinski definition) is 3. The first-order chi connectivity index (χ1) is 11.6. The number of halogens is 1. The van der Waals surface area contributed by atoms with Gasteiger partial charge in [0.05, 0.1) is 19.2 Å². The largest absolute Gasteiger partial charge is 0.497 e. The summed E-state index contributed by atoms with van der Waals surface area (Å²) in [6.45, 7) is 0.590. The molecule has 5 heteroatoms. The van der Waals surface area contributed by atoms with Gasteiger partial charge in [0.25, 0.3) is 0 Å². The Morgan fingerprint density at radius 2 is 1.71 bits per heavy atom. The van der Waals surface area contributed by atoms with Crippen molar-refractivity contribution in [3.63, 3.8) is 0 Å². The van der Waals surface area contributed by atoms with Gasteiger partial charge < -0.3 is 14.8 Å². The number of hydrogen-bond donors (Lipinski definition) is 1. The molecular weight excluding hydrogens is 326 g/mol. The summed E-state index contributed by atoms with van der Waals surface area (Å²) in [4.78, 5) is 11.9. The molecular formula is C19H22ClNO3. The summed E-state index contributed by atoms with van der Waals surface area (Å²) >= 11 is 6.00. The van der Waals surface area contributed by atoms with Crippen molar-refractivity contribution in [3.05, 3.63) is 58.6 Å². The summed E-state index contributed by atoms with van der Waals surface area (Å²) in [6.07, 6.45) is 1.92. The van der Waals surface area contributed by atoms with E-state index in [1.165, 1.54) is 0 Å². The Morgan fingerprint density at radius 1 is 1.00 bits per heavy atom. The molecule has 4 nitrogen and oxygen atoms in total. The van der Waals surface area contributed by atoms with Crippen LogP contribution in [0, 0.1) is 0 Å². The molecule has 0 atom stereocenters. The van der Waals surface area contributed by atoms with E-state index in [0.29, 0.717) is 30.2 Å². The second-order valence-corrected chi connectivity index (χ2v) is 5.82. The first-order valence-corrected chi connectivity index (χ1v) is 8.22. The molecule has 24 heavy (non-hydrogen) atoms. The number of benzene rings is 2.